The number of nitrogens with zero attached hydrogens (tertiary/aromatic N) is 2. The molecule has 0 bridgehead atoms. The lowest BCUT2D eigenvalue weighted by Crippen LogP contribution is -2.30. The van der Waals surface area contributed by atoms with Gasteiger partial charge >= 0.3 is 5.69 Å². The van der Waals surface area contributed by atoms with Gasteiger partial charge < -0.3 is 10.1 Å². The van der Waals surface area contributed by atoms with E-state index < -0.39 is 5.69 Å². The lowest BCUT2D eigenvalue weighted by atomic mass is 10.1. The summed E-state index contributed by atoms with van der Waals surface area (Å²) in [6.07, 6.45) is 0. The summed E-state index contributed by atoms with van der Waals surface area (Å²) < 4.78 is 6.94. The SMILES string of the molecule is CCOc1ccccc1NC(=O)Cn1c(=O)nc(-c2ccccc2)c2ccccc21. The number of hydrogen-bond donors (Lipinski definition) is 1. The van der Waals surface area contributed by atoms with E-state index in [4.69, 9.17) is 4.74 Å². The zero-order valence-corrected chi connectivity index (χ0v) is 16.5. The van der Waals surface area contributed by atoms with Crippen LogP contribution in [0.2, 0.25) is 0 Å². The van der Waals surface area contributed by atoms with Crippen LogP contribution in [-0.2, 0) is 11.3 Å². The highest BCUT2D eigenvalue weighted by Crippen LogP contribution is 2.26. The Bertz CT molecular complexity index is 1250. The summed E-state index contributed by atoms with van der Waals surface area (Å²) in [5.41, 5.74) is 2.21. The number of carbonyl (C=O) groups is 1. The number of anilines is 1. The Morgan fingerprint density at radius 2 is 1.67 bits per heavy atom. The minimum absolute atomic E-state index is 0.151. The van der Waals surface area contributed by atoms with Crippen LogP contribution in [0.3, 0.4) is 0 Å². The molecule has 0 spiro atoms. The minimum Gasteiger partial charge on any atom is -0.492 e. The van der Waals surface area contributed by atoms with Gasteiger partial charge in [-0.05, 0) is 25.1 Å². The summed E-state index contributed by atoms with van der Waals surface area (Å²) in [7, 11) is 0. The fraction of sp³-hybridized carbons (Fsp3) is 0.125. The van der Waals surface area contributed by atoms with Gasteiger partial charge in [0.1, 0.15) is 12.3 Å². The summed E-state index contributed by atoms with van der Waals surface area (Å²) in [5, 5.41) is 3.64. The zero-order valence-electron chi connectivity index (χ0n) is 16.5. The van der Waals surface area contributed by atoms with Gasteiger partial charge in [0, 0.05) is 10.9 Å². The van der Waals surface area contributed by atoms with Crippen molar-refractivity contribution in [3.05, 3.63) is 89.3 Å². The molecule has 0 aliphatic carbocycles. The number of benzene rings is 3. The van der Waals surface area contributed by atoms with Crippen molar-refractivity contribution in [2.75, 3.05) is 11.9 Å². The van der Waals surface area contributed by atoms with Gasteiger partial charge in [0.05, 0.1) is 23.5 Å². The molecule has 1 amide bonds. The van der Waals surface area contributed by atoms with Crippen LogP contribution in [0.15, 0.2) is 83.7 Å². The highest BCUT2D eigenvalue weighted by Gasteiger charge is 2.15. The fourth-order valence-electron chi connectivity index (χ4n) is 3.38. The van der Waals surface area contributed by atoms with Crippen molar-refractivity contribution >= 4 is 22.5 Å². The highest BCUT2D eigenvalue weighted by molar-refractivity contribution is 5.95. The van der Waals surface area contributed by atoms with E-state index >= 15 is 0 Å². The lowest BCUT2D eigenvalue weighted by molar-refractivity contribution is -0.116. The van der Waals surface area contributed by atoms with Crippen LogP contribution in [0.25, 0.3) is 22.2 Å². The van der Waals surface area contributed by atoms with Crippen molar-refractivity contribution in [1.29, 1.82) is 0 Å². The maximum Gasteiger partial charge on any atom is 0.349 e. The molecule has 0 saturated carbocycles. The molecule has 6 nitrogen and oxygen atoms in total. The van der Waals surface area contributed by atoms with Gasteiger partial charge in [-0.1, -0.05) is 60.7 Å². The molecule has 150 valence electrons. The molecule has 30 heavy (non-hydrogen) atoms. The van der Waals surface area contributed by atoms with E-state index in [1.54, 1.807) is 12.1 Å². The molecule has 0 saturated heterocycles. The van der Waals surface area contributed by atoms with Gasteiger partial charge in [-0.3, -0.25) is 9.36 Å². The summed E-state index contributed by atoms with van der Waals surface area (Å²) >= 11 is 0. The molecular formula is C24H21N3O3. The van der Waals surface area contributed by atoms with Crippen molar-refractivity contribution < 1.29 is 9.53 Å². The average Bonchev–Trinajstić information content (AvgIpc) is 2.77. The second-order valence-corrected chi connectivity index (χ2v) is 6.69. The van der Waals surface area contributed by atoms with Gasteiger partial charge in [0.2, 0.25) is 5.91 Å². The molecule has 0 aliphatic rings. The van der Waals surface area contributed by atoms with Gasteiger partial charge in [-0.2, -0.15) is 4.98 Å². The topological polar surface area (TPSA) is 73.2 Å². The number of ether oxygens (including phenoxy) is 1. The Morgan fingerprint density at radius 1 is 0.967 bits per heavy atom. The van der Waals surface area contributed by atoms with Crippen molar-refractivity contribution in [2.45, 2.75) is 13.5 Å². The molecule has 3 aromatic carbocycles. The standard InChI is InChI=1S/C24H21N3O3/c1-2-30-21-15-9-7-13-19(21)25-22(28)16-27-20-14-8-6-12-18(20)23(26-24(27)29)17-10-4-3-5-11-17/h3-15H,2,16H2,1H3,(H,25,28). The Morgan fingerprint density at radius 3 is 2.47 bits per heavy atom. The molecule has 6 heteroatoms. The van der Waals surface area contributed by atoms with E-state index in [0.717, 1.165) is 10.9 Å². The fourth-order valence-corrected chi connectivity index (χ4v) is 3.38. The minimum atomic E-state index is -0.471. The molecule has 0 atom stereocenters. The van der Waals surface area contributed by atoms with Crippen LogP contribution in [0, 0.1) is 0 Å². The lowest BCUT2D eigenvalue weighted by Gasteiger charge is -2.14. The highest BCUT2D eigenvalue weighted by atomic mass is 16.5. The largest absolute Gasteiger partial charge is 0.492 e. The van der Waals surface area contributed by atoms with Gasteiger partial charge in [-0.25, -0.2) is 4.79 Å². The normalized spacial score (nSPS) is 10.7. The number of fused-ring (bicyclic) bond motifs is 1. The van der Waals surface area contributed by atoms with Crippen molar-refractivity contribution in [3.8, 4) is 17.0 Å². The first-order valence-corrected chi connectivity index (χ1v) is 9.74. The summed E-state index contributed by atoms with van der Waals surface area (Å²) in [6, 6.07) is 24.2. The number of para-hydroxylation sites is 3. The third-order valence-electron chi connectivity index (χ3n) is 4.70. The van der Waals surface area contributed by atoms with Gasteiger partial charge in [-0.15, -0.1) is 0 Å². The third-order valence-corrected chi connectivity index (χ3v) is 4.70. The first-order valence-electron chi connectivity index (χ1n) is 9.74. The Balaban J connectivity index is 1.70. The first kappa shape index (κ1) is 19.4. The predicted molar refractivity (Wildman–Crippen MR) is 118 cm³/mol. The van der Waals surface area contributed by atoms with E-state index in [2.05, 4.69) is 10.3 Å². The Labute approximate surface area is 173 Å². The van der Waals surface area contributed by atoms with Crippen molar-refractivity contribution in [3.63, 3.8) is 0 Å². The summed E-state index contributed by atoms with van der Waals surface area (Å²) in [5.74, 6) is 0.256. The quantitative estimate of drug-likeness (QED) is 0.530. The molecule has 0 radical (unpaired) electrons. The third kappa shape index (κ3) is 3.93. The van der Waals surface area contributed by atoms with Crippen LogP contribution in [0.5, 0.6) is 5.75 Å². The predicted octanol–water partition coefficient (Wildman–Crippen LogP) is 4.10. The van der Waals surface area contributed by atoms with Gasteiger partial charge in [0.25, 0.3) is 0 Å². The number of rotatable bonds is 6. The van der Waals surface area contributed by atoms with Crippen LogP contribution in [0.1, 0.15) is 6.92 Å². The van der Waals surface area contributed by atoms with Crippen LogP contribution >= 0.6 is 0 Å². The molecule has 4 rings (SSSR count). The second-order valence-electron chi connectivity index (χ2n) is 6.69. The molecule has 1 aromatic heterocycles. The van der Waals surface area contributed by atoms with Crippen molar-refractivity contribution in [2.24, 2.45) is 0 Å². The Hall–Kier alpha value is -3.93. The molecule has 1 heterocycles. The van der Waals surface area contributed by atoms with E-state index in [1.165, 1.54) is 4.57 Å². The van der Waals surface area contributed by atoms with E-state index in [9.17, 15) is 9.59 Å². The molecule has 0 unspecified atom stereocenters. The molecular weight excluding hydrogens is 378 g/mol. The first-order chi connectivity index (χ1) is 14.7. The molecule has 0 fully saturated rings. The summed E-state index contributed by atoms with van der Waals surface area (Å²) in [4.78, 5) is 29.8. The van der Waals surface area contributed by atoms with E-state index in [0.29, 0.717) is 29.3 Å². The number of aromatic nitrogens is 2. The summed E-state index contributed by atoms with van der Waals surface area (Å²) in [6.45, 7) is 2.22. The smallest absolute Gasteiger partial charge is 0.349 e. The Kier molecular flexibility index (Phi) is 5.57. The maximum absolute atomic E-state index is 12.8. The van der Waals surface area contributed by atoms with E-state index in [1.807, 2.05) is 73.7 Å². The van der Waals surface area contributed by atoms with E-state index in [-0.39, 0.29) is 12.5 Å². The van der Waals surface area contributed by atoms with Gasteiger partial charge in [0.15, 0.2) is 0 Å². The monoisotopic (exact) mass is 399 g/mol. The number of nitrogens with one attached hydrogen (secondary N) is 1. The average molecular weight is 399 g/mol. The second kappa shape index (κ2) is 8.61. The zero-order chi connectivity index (χ0) is 20.9. The molecule has 4 aromatic rings. The number of amides is 1. The van der Waals surface area contributed by atoms with Crippen LogP contribution < -0.4 is 15.7 Å². The molecule has 0 aliphatic heterocycles. The van der Waals surface area contributed by atoms with Crippen molar-refractivity contribution in [1.82, 2.24) is 9.55 Å². The molecule has 1 N–H and O–H groups in total. The number of hydrogen-bond acceptors (Lipinski definition) is 4. The number of carbonyl (C=O) groups excluding carboxylic acids is 1. The maximum atomic E-state index is 12.8. The van der Waals surface area contributed by atoms with Crippen LogP contribution in [-0.4, -0.2) is 22.1 Å². The van der Waals surface area contributed by atoms with Crippen LogP contribution in [0.4, 0.5) is 5.69 Å².